The summed E-state index contributed by atoms with van der Waals surface area (Å²) in [5.74, 6) is -0.126. The van der Waals surface area contributed by atoms with Crippen LogP contribution in [0.15, 0.2) is 18.3 Å². The number of pyridine rings is 1. The maximum atomic E-state index is 12.5. The number of ether oxygens (including phenoxy) is 1. The van der Waals surface area contributed by atoms with E-state index in [-0.39, 0.29) is 17.9 Å². The average molecular weight is 343 g/mol. The minimum Gasteiger partial charge on any atom is -0.381 e. The molecular weight excluding hydrogens is 323 g/mol. The van der Waals surface area contributed by atoms with Gasteiger partial charge in [0.05, 0.1) is 17.8 Å². The molecule has 5 nitrogen and oxygen atoms in total. The van der Waals surface area contributed by atoms with Crippen molar-refractivity contribution in [1.29, 1.82) is 0 Å². The first-order chi connectivity index (χ1) is 11.4. The highest BCUT2D eigenvalue weighted by Gasteiger charge is 2.33. The molecule has 24 heavy (non-hydrogen) atoms. The summed E-state index contributed by atoms with van der Waals surface area (Å²) in [5.41, 5.74) is -0.288. The molecule has 0 aromatic carbocycles. The Bertz CT molecular complexity index is 571. The van der Waals surface area contributed by atoms with E-state index < -0.39 is 11.9 Å². The molecule has 2 aliphatic heterocycles. The Hall–Kier alpha value is -1.83. The zero-order valence-electron chi connectivity index (χ0n) is 13.2. The molecule has 1 atom stereocenters. The van der Waals surface area contributed by atoms with Gasteiger partial charge in [-0.3, -0.25) is 4.79 Å². The van der Waals surface area contributed by atoms with Crippen LogP contribution in [-0.2, 0) is 15.7 Å². The van der Waals surface area contributed by atoms with Crippen LogP contribution in [0, 0.1) is 5.92 Å². The molecule has 1 unspecified atom stereocenters. The predicted octanol–water partition coefficient (Wildman–Crippen LogP) is 2.22. The highest BCUT2D eigenvalue weighted by Crippen LogP contribution is 2.30. The highest BCUT2D eigenvalue weighted by atomic mass is 19.4. The van der Waals surface area contributed by atoms with E-state index in [1.54, 1.807) is 0 Å². The van der Waals surface area contributed by atoms with E-state index in [4.69, 9.17) is 4.74 Å². The zero-order valence-corrected chi connectivity index (χ0v) is 13.2. The number of halogens is 3. The fourth-order valence-electron chi connectivity index (χ4n) is 3.11. The lowest BCUT2D eigenvalue weighted by Crippen LogP contribution is -2.42. The fraction of sp³-hybridized carbons (Fsp3) is 0.625. The SMILES string of the molecule is O=C(NC1CCOCC1)C1CCN(c2ccc(C(F)(F)F)nc2)C1. The van der Waals surface area contributed by atoms with E-state index in [0.29, 0.717) is 38.4 Å². The number of aromatic nitrogens is 1. The first-order valence-corrected chi connectivity index (χ1v) is 8.10. The summed E-state index contributed by atoms with van der Waals surface area (Å²) in [6.45, 7) is 2.47. The number of nitrogens with one attached hydrogen (secondary N) is 1. The quantitative estimate of drug-likeness (QED) is 0.914. The standard InChI is InChI=1S/C16H20F3N3O2/c17-16(18,19)14-2-1-13(9-20-14)22-6-3-11(10-22)15(23)21-12-4-7-24-8-5-12/h1-2,9,11-12H,3-8,10H2,(H,21,23). The van der Waals surface area contributed by atoms with E-state index in [0.717, 1.165) is 18.9 Å². The monoisotopic (exact) mass is 343 g/mol. The lowest BCUT2D eigenvalue weighted by atomic mass is 10.1. The molecule has 0 radical (unpaired) electrons. The van der Waals surface area contributed by atoms with E-state index in [2.05, 4.69) is 10.3 Å². The Labute approximate surface area is 138 Å². The Kier molecular flexibility index (Phi) is 4.93. The fourth-order valence-corrected chi connectivity index (χ4v) is 3.11. The summed E-state index contributed by atoms with van der Waals surface area (Å²) in [5, 5.41) is 3.05. The summed E-state index contributed by atoms with van der Waals surface area (Å²) < 4.78 is 42.9. The van der Waals surface area contributed by atoms with Gasteiger partial charge in [-0.1, -0.05) is 0 Å². The Morgan fingerprint density at radius 3 is 2.62 bits per heavy atom. The molecule has 3 heterocycles. The van der Waals surface area contributed by atoms with Gasteiger partial charge in [-0.25, -0.2) is 4.98 Å². The third-order valence-corrected chi connectivity index (χ3v) is 4.53. The average Bonchev–Trinajstić information content (AvgIpc) is 3.05. The van der Waals surface area contributed by atoms with Crippen LogP contribution in [0.3, 0.4) is 0 Å². The van der Waals surface area contributed by atoms with Gasteiger partial charge in [-0.05, 0) is 31.4 Å². The predicted molar refractivity (Wildman–Crippen MR) is 81.5 cm³/mol. The molecule has 1 aromatic heterocycles. The van der Waals surface area contributed by atoms with Crippen LogP contribution in [0.25, 0.3) is 0 Å². The van der Waals surface area contributed by atoms with E-state index in [1.165, 1.54) is 12.3 Å². The number of hydrogen-bond acceptors (Lipinski definition) is 4. The third kappa shape index (κ3) is 3.98. The van der Waals surface area contributed by atoms with Gasteiger partial charge >= 0.3 is 6.18 Å². The lowest BCUT2D eigenvalue weighted by Gasteiger charge is -2.25. The molecule has 0 bridgehead atoms. The molecule has 0 saturated carbocycles. The number of amides is 1. The van der Waals surface area contributed by atoms with Gasteiger partial charge in [-0.2, -0.15) is 13.2 Å². The molecule has 0 spiro atoms. The van der Waals surface area contributed by atoms with Crippen LogP contribution in [0.1, 0.15) is 25.0 Å². The molecule has 1 aromatic rings. The van der Waals surface area contributed by atoms with Crippen LogP contribution >= 0.6 is 0 Å². The van der Waals surface area contributed by atoms with Gasteiger partial charge in [0, 0.05) is 32.3 Å². The van der Waals surface area contributed by atoms with Gasteiger partial charge in [0.1, 0.15) is 5.69 Å². The molecule has 2 aliphatic rings. The van der Waals surface area contributed by atoms with Crippen molar-refractivity contribution in [1.82, 2.24) is 10.3 Å². The van der Waals surface area contributed by atoms with Crippen LogP contribution in [-0.4, -0.2) is 43.2 Å². The topological polar surface area (TPSA) is 54.5 Å². The molecule has 2 fully saturated rings. The van der Waals surface area contributed by atoms with Crippen LogP contribution < -0.4 is 10.2 Å². The number of hydrogen-bond donors (Lipinski definition) is 1. The Morgan fingerprint density at radius 1 is 1.25 bits per heavy atom. The summed E-state index contributed by atoms with van der Waals surface area (Å²) in [6, 6.07) is 2.55. The van der Waals surface area contributed by atoms with E-state index in [1.807, 2.05) is 4.90 Å². The van der Waals surface area contributed by atoms with Gasteiger partial charge < -0.3 is 15.0 Å². The van der Waals surface area contributed by atoms with Crippen molar-refractivity contribution in [2.45, 2.75) is 31.5 Å². The van der Waals surface area contributed by atoms with Crippen LogP contribution in [0.4, 0.5) is 18.9 Å². The summed E-state index contributed by atoms with van der Waals surface area (Å²) in [4.78, 5) is 17.7. The molecule has 1 amide bonds. The molecule has 8 heteroatoms. The van der Waals surface area contributed by atoms with Crippen LogP contribution in [0.2, 0.25) is 0 Å². The molecular formula is C16H20F3N3O2. The number of carbonyl (C=O) groups is 1. The van der Waals surface area contributed by atoms with Crippen molar-refractivity contribution in [2.75, 3.05) is 31.2 Å². The maximum absolute atomic E-state index is 12.5. The zero-order chi connectivity index (χ0) is 17.2. The highest BCUT2D eigenvalue weighted by molar-refractivity contribution is 5.80. The van der Waals surface area contributed by atoms with Crippen molar-refractivity contribution < 1.29 is 22.7 Å². The lowest BCUT2D eigenvalue weighted by molar-refractivity contribution is -0.141. The smallest absolute Gasteiger partial charge is 0.381 e. The first-order valence-electron chi connectivity index (χ1n) is 8.10. The molecule has 2 saturated heterocycles. The van der Waals surface area contributed by atoms with Crippen molar-refractivity contribution >= 4 is 11.6 Å². The molecule has 132 valence electrons. The van der Waals surface area contributed by atoms with Gasteiger partial charge in [0.15, 0.2) is 0 Å². The van der Waals surface area contributed by atoms with Crippen molar-refractivity contribution in [2.24, 2.45) is 5.92 Å². The first kappa shape index (κ1) is 17.0. The second-order valence-corrected chi connectivity index (χ2v) is 6.23. The largest absolute Gasteiger partial charge is 0.433 e. The second-order valence-electron chi connectivity index (χ2n) is 6.23. The summed E-state index contributed by atoms with van der Waals surface area (Å²) in [6.07, 6.45) is -0.872. The Balaban J connectivity index is 1.55. The number of alkyl halides is 3. The number of rotatable bonds is 3. The molecule has 3 rings (SSSR count). The van der Waals surface area contributed by atoms with Crippen LogP contribution in [0.5, 0.6) is 0 Å². The number of carbonyl (C=O) groups excluding carboxylic acids is 1. The summed E-state index contributed by atoms with van der Waals surface area (Å²) >= 11 is 0. The number of anilines is 1. The van der Waals surface area contributed by atoms with E-state index >= 15 is 0 Å². The van der Waals surface area contributed by atoms with Crippen molar-refractivity contribution in [3.05, 3.63) is 24.0 Å². The van der Waals surface area contributed by atoms with E-state index in [9.17, 15) is 18.0 Å². The van der Waals surface area contributed by atoms with Gasteiger partial charge in [0.2, 0.25) is 5.91 Å². The maximum Gasteiger partial charge on any atom is 0.433 e. The van der Waals surface area contributed by atoms with Crippen molar-refractivity contribution in [3.8, 4) is 0 Å². The number of nitrogens with zero attached hydrogens (tertiary/aromatic N) is 2. The molecule has 0 aliphatic carbocycles. The minimum atomic E-state index is -4.43. The minimum absolute atomic E-state index is 0.0178. The normalized spacial score (nSPS) is 22.6. The second kappa shape index (κ2) is 6.96. The van der Waals surface area contributed by atoms with Gasteiger partial charge in [0.25, 0.3) is 0 Å². The van der Waals surface area contributed by atoms with Gasteiger partial charge in [-0.15, -0.1) is 0 Å². The molecule has 1 N–H and O–H groups in total. The Morgan fingerprint density at radius 2 is 2.00 bits per heavy atom. The summed E-state index contributed by atoms with van der Waals surface area (Å²) in [7, 11) is 0. The third-order valence-electron chi connectivity index (χ3n) is 4.53. The van der Waals surface area contributed by atoms with Crippen molar-refractivity contribution in [3.63, 3.8) is 0 Å².